The fourth-order valence-corrected chi connectivity index (χ4v) is 3.25. The van der Waals surface area contributed by atoms with Crippen molar-refractivity contribution in [1.82, 2.24) is 4.57 Å². The highest BCUT2D eigenvalue weighted by atomic mass is 16.4. The number of aromatic nitrogens is 1. The van der Waals surface area contributed by atoms with Gasteiger partial charge in [-0.2, -0.15) is 0 Å². The lowest BCUT2D eigenvalue weighted by atomic mass is 9.84. The van der Waals surface area contributed by atoms with Crippen molar-refractivity contribution in [3.8, 4) is 0 Å². The Labute approximate surface area is 143 Å². The predicted molar refractivity (Wildman–Crippen MR) is 97.2 cm³/mol. The van der Waals surface area contributed by atoms with E-state index in [1.54, 1.807) is 13.0 Å². The molecule has 0 aliphatic carbocycles. The third-order valence-electron chi connectivity index (χ3n) is 4.60. The predicted octanol–water partition coefficient (Wildman–Crippen LogP) is 4.95. The van der Waals surface area contributed by atoms with Crippen molar-refractivity contribution in [3.63, 3.8) is 0 Å². The van der Waals surface area contributed by atoms with Gasteiger partial charge in [0.05, 0.1) is 11.1 Å². The molecule has 2 rings (SSSR count). The van der Waals surface area contributed by atoms with Gasteiger partial charge in [0.2, 0.25) is 0 Å². The van der Waals surface area contributed by atoms with Crippen LogP contribution in [0.15, 0.2) is 12.1 Å². The number of Topliss-reactive ketones (excluding diaryl/α,β-unsaturated/α-hetero) is 1. The van der Waals surface area contributed by atoms with Crippen LogP contribution >= 0.6 is 0 Å². The molecule has 0 saturated heterocycles. The molecule has 4 heteroatoms. The zero-order chi connectivity index (χ0) is 18.2. The van der Waals surface area contributed by atoms with Gasteiger partial charge in [0.15, 0.2) is 5.78 Å². The zero-order valence-electron chi connectivity index (χ0n) is 15.5. The molecule has 130 valence electrons. The minimum atomic E-state index is -0.948. The minimum absolute atomic E-state index is 0.0184. The third-order valence-corrected chi connectivity index (χ3v) is 4.60. The van der Waals surface area contributed by atoms with Crippen LogP contribution in [0.5, 0.6) is 0 Å². The molecule has 1 aromatic heterocycles. The van der Waals surface area contributed by atoms with Gasteiger partial charge in [0.25, 0.3) is 0 Å². The maximum absolute atomic E-state index is 12.2. The lowest BCUT2D eigenvalue weighted by molar-refractivity contribution is 0.0698. The Morgan fingerprint density at radius 1 is 1.21 bits per heavy atom. The van der Waals surface area contributed by atoms with E-state index < -0.39 is 5.97 Å². The molecule has 0 unspecified atom stereocenters. The zero-order valence-corrected chi connectivity index (χ0v) is 15.5. The number of carboxylic acids is 1. The van der Waals surface area contributed by atoms with Crippen molar-refractivity contribution in [2.45, 2.75) is 66.3 Å². The number of aromatic carboxylic acids is 1. The van der Waals surface area contributed by atoms with Gasteiger partial charge in [-0.25, -0.2) is 4.79 Å². The first-order valence-corrected chi connectivity index (χ1v) is 8.51. The average Bonchev–Trinajstić information content (AvgIpc) is 2.74. The molecule has 24 heavy (non-hydrogen) atoms. The van der Waals surface area contributed by atoms with Crippen molar-refractivity contribution in [2.75, 3.05) is 0 Å². The van der Waals surface area contributed by atoms with Crippen LogP contribution in [0, 0.1) is 6.92 Å². The van der Waals surface area contributed by atoms with Crippen LogP contribution in [0.1, 0.15) is 79.4 Å². The number of aryl methyl sites for hydroxylation is 1. The lowest BCUT2D eigenvalue weighted by Crippen LogP contribution is -2.13. The maximum Gasteiger partial charge on any atom is 0.337 e. The van der Waals surface area contributed by atoms with Gasteiger partial charge in [0, 0.05) is 23.2 Å². The number of carbonyl (C=O) groups excluding carboxylic acids is 1. The van der Waals surface area contributed by atoms with Crippen molar-refractivity contribution >= 4 is 22.7 Å². The van der Waals surface area contributed by atoms with Gasteiger partial charge in [-0.1, -0.05) is 34.1 Å². The second kappa shape index (κ2) is 6.42. The summed E-state index contributed by atoms with van der Waals surface area (Å²) in [6, 6.07) is 3.75. The second-order valence-corrected chi connectivity index (χ2v) is 7.50. The topological polar surface area (TPSA) is 59.3 Å². The van der Waals surface area contributed by atoms with E-state index in [0.717, 1.165) is 36.0 Å². The molecule has 0 aliphatic rings. The van der Waals surface area contributed by atoms with Crippen molar-refractivity contribution < 1.29 is 14.7 Å². The highest BCUT2D eigenvalue weighted by Gasteiger charge is 2.25. The summed E-state index contributed by atoms with van der Waals surface area (Å²) < 4.78 is 2.01. The fraction of sp³-hybridized carbons (Fsp3) is 0.500. The smallest absolute Gasteiger partial charge is 0.337 e. The van der Waals surface area contributed by atoms with Crippen LogP contribution in [0.25, 0.3) is 10.9 Å². The Bertz CT molecular complexity index is 807. The van der Waals surface area contributed by atoms with Crippen LogP contribution in [-0.4, -0.2) is 21.4 Å². The quantitative estimate of drug-likeness (QED) is 0.790. The molecule has 0 spiro atoms. The molecular weight excluding hydrogens is 302 g/mol. The normalized spacial score (nSPS) is 11.9. The number of nitrogens with zero attached hydrogens (tertiary/aromatic N) is 1. The standard InChI is InChI=1S/C20H27NO3/c1-7-8-9-21-12(2)17(13(3)22)15-10-14(20(4,5)6)11-16(18(15)21)19(23)24/h10-11H,7-9H2,1-6H3,(H,23,24). The summed E-state index contributed by atoms with van der Waals surface area (Å²) >= 11 is 0. The van der Waals surface area contributed by atoms with Crippen LogP contribution in [0.3, 0.4) is 0 Å². The molecule has 0 aliphatic heterocycles. The Morgan fingerprint density at radius 3 is 2.29 bits per heavy atom. The molecule has 1 N–H and O–H groups in total. The molecule has 2 aromatic rings. The number of hydrogen-bond donors (Lipinski definition) is 1. The number of carbonyl (C=O) groups is 2. The lowest BCUT2D eigenvalue weighted by Gasteiger charge is -2.20. The number of unbranched alkanes of at least 4 members (excludes halogenated alkanes) is 1. The SMILES string of the molecule is CCCCn1c(C)c(C(C)=O)c2cc(C(C)(C)C)cc(C(=O)O)c21. The van der Waals surface area contributed by atoms with E-state index in [1.165, 1.54) is 0 Å². The van der Waals surface area contributed by atoms with Gasteiger partial charge < -0.3 is 9.67 Å². The van der Waals surface area contributed by atoms with Crippen molar-refractivity contribution in [3.05, 3.63) is 34.5 Å². The van der Waals surface area contributed by atoms with E-state index in [1.807, 2.05) is 38.3 Å². The third kappa shape index (κ3) is 3.10. The highest BCUT2D eigenvalue weighted by Crippen LogP contribution is 2.34. The Morgan fingerprint density at radius 2 is 1.83 bits per heavy atom. The fourth-order valence-electron chi connectivity index (χ4n) is 3.25. The Balaban J connectivity index is 2.96. The number of fused-ring (bicyclic) bond motifs is 1. The highest BCUT2D eigenvalue weighted by molar-refractivity contribution is 6.13. The average molecular weight is 329 g/mol. The first kappa shape index (κ1) is 18.2. The van der Waals surface area contributed by atoms with Gasteiger partial charge >= 0.3 is 5.97 Å². The van der Waals surface area contributed by atoms with Crippen molar-refractivity contribution in [1.29, 1.82) is 0 Å². The van der Waals surface area contributed by atoms with Gasteiger partial charge in [-0.05, 0) is 43.4 Å². The molecular formula is C20H27NO3. The van der Waals surface area contributed by atoms with E-state index in [-0.39, 0.29) is 16.8 Å². The number of carboxylic acid groups (broad SMARTS) is 1. The van der Waals surface area contributed by atoms with Gasteiger partial charge in [-0.3, -0.25) is 4.79 Å². The molecule has 0 bridgehead atoms. The van der Waals surface area contributed by atoms with Gasteiger partial charge in [0.1, 0.15) is 0 Å². The van der Waals surface area contributed by atoms with Crippen LogP contribution < -0.4 is 0 Å². The molecule has 1 heterocycles. The first-order valence-electron chi connectivity index (χ1n) is 8.51. The summed E-state index contributed by atoms with van der Waals surface area (Å²) in [5, 5.41) is 10.5. The molecule has 0 saturated carbocycles. The molecule has 1 aromatic carbocycles. The summed E-state index contributed by atoms with van der Waals surface area (Å²) in [7, 11) is 0. The van der Waals surface area contributed by atoms with E-state index in [4.69, 9.17) is 0 Å². The minimum Gasteiger partial charge on any atom is -0.478 e. The first-order chi connectivity index (χ1) is 11.1. The summed E-state index contributed by atoms with van der Waals surface area (Å²) in [5.74, 6) is -0.966. The van der Waals surface area contributed by atoms with Gasteiger partial charge in [-0.15, -0.1) is 0 Å². The monoisotopic (exact) mass is 329 g/mol. The summed E-state index contributed by atoms with van der Waals surface area (Å²) in [6.07, 6.45) is 1.96. The molecule has 4 nitrogen and oxygen atoms in total. The largest absolute Gasteiger partial charge is 0.478 e. The number of benzene rings is 1. The van der Waals surface area contributed by atoms with Crippen LogP contribution in [0.2, 0.25) is 0 Å². The van der Waals surface area contributed by atoms with E-state index >= 15 is 0 Å². The van der Waals surface area contributed by atoms with Crippen molar-refractivity contribution in [2.24, 2.45) is 0 Å². The Kier molecular flexibility index (Phi) is 4.88. The number of ketones is 1. The summed E-state index contributed by atoms with van der Waals surface area (Å²) in [5.41, 5.74) is 3.21. The van der Waals surface area contributed by atoms with Crippen LogP contribution in [0.4, 0.5) is 0 Å². The molecule has 0 radical (unpaired) electrons. The van der Waals surface area contributed by atoms with E-state index in [9.17, 15) is 14.7 Å². The van der Waals surface area contributed by atoms with Crippen LogP contribution in [-0.2, 0) is 12.0 Å². The second-order valence-electron chi connectivity index (χ2n) is 7.50. The maximum atomic E-state index is 12.2. The number of rotatable bonds is 5. The van der Waals surface area contributed by atoms with E-state index in [2.05, 4.69) is 6.92 Å². The molecule has 0 fully saturated rings. The molecule has 0 amide bonds. The summed E-state index contributed by atoms with van der Waals surface area (Å²) in [6.45, 7) is 12.4. The Hall–Kier alpha value is -2.10. The molecule has 0 atom stereocenters. The summed E-state index contributed by atoms with van der Waals surface area (Å²) in [4.78, 5) is 24.2. The number of hydrogen-bond acceptors (Lipinski definition) is 2. The van der Waals surface area contributed by atoms with E-state index in [0.29, 0.717) is 11.1 Å².